The van der Waals surface area contributed by atoms with Crippen LogP contribution in [-0.2, 0) is 17.7 Å². The van der Waals surface area contributed by atoms with Crippen LogP contribution in [0.25, 0.3) is 0 Å². The maximum atomic E-state index is 12.4. The molecule has 0 aliphatic rings. The molecular weight excluding hydrogens is 324 g/mol. The normalized spacial score (nSPS) is 10.6. The number of carbonyl (C=O) groups is 1. The number of imidazole rings is 1. The van der Waals surface area contributed by atoms with Crippen LogP contribution in [0.5, 0.6) is 11.8 Å². The number of nitrogens with zero attached hydrogens (tertiary/aromatic N) is 3. The summed E-state index contributed by atoms with van der Waals surface area (Å²) in [5, 5.41) is 2.87. The number of hydrogen-bond donors (Lipinski definition) is 1. The molecule has 0 aliphatic heterocycles. The van der Waals surface area contributed by atoms with E-state index in [9.17, 15) is 4.79 Å². The number of pyridine rings is 1. The van der Waals surface area contributed by atoms with Gasteiger partial charge in [0.1, 0.15) is 11.4 Å². The number of carbonyl (C=O) groups excluding carboxylic acids is 1. The molecule has 0 saturated carbocycles. The number of nitrogens with one attached hydrogen (secondary N) is 1. The monoisotopic (exact) mass is 348 g/mol. The highest BCUT2D eigenvalue weighted by Gasteiger charge is 2.15. The quantitative estimate of drug-likeness (QED) is 0.733. The van der Waals surface area contributed by atoms with Gasteiger partial charge >= 0.3 is 0 Å². The number of ether oxygens (including phenoxy) is 3. The van der Waals surface area contributed by atoms with Crippen LogP contribution in [-0.4, -0.2) is 54.9 Å². The zero-order chi connectivity index (χ0) is 18.2. The molecule has 2 aromatic rings. The van der Waals surface area contributed by atoms with Gasteiger partial charge in [-0.1, -0.05) is 0 Å². The lowest BCUT2D eigenvalue weighted by molar-refractivity contribution is 0.0950. The average molecular weight is 348 g/mol. The van der Waals surface area contributed by atoms with Gasteiger partial charge in [-0.15, -0.1) is 0 Å². The van der Waals surface area contributed by atoms with Gasteiger partial charge in [-0.25, -0.2) is 4.98 Å². The van der Waals surface area contributed by atoms with Crippen LogP contribution in [0.15, 0.2) is 18.3 Å². The van der Waals surface area contributed by atoms with Crippen LogP contribution >= 0.6 is 0 Å². The van der Waals surface area contributed by atoms with Crippen molar-refractivity contribution in [3.63, 3.8) is 0 Å². The Labute approximate surface area is 147 Å². The van der Waals surface area contributed by atoms with Crippen LogP contribution in [0.1, 0.15) is 21.9 Å². The summed E-state index contributed by atoms with van der Waals surface area (Å²) in [6, 6.07) is 3.25. The fourth-order valence-corrected chi connectivity index (χ4v) is 2.45. The summed E-state index contributed by atoms with van der Waals surface area (Å²) < 4.78 is 17.4. The fraction of sp³-hybridized carbons (Fsp3) is 0.471. The van der Waals surface area contributed by atoms with Crippen molar-refractivity contribution >= 4 is 5.91 Å². The Morgan fingerprint density at radius 1 is 1.24 bits per heavy atom. The van der Waals surface area contributed by atoms with Gasteiger partial charge in [0.15, 0.2) is 0 Å². The fourth-order valence-electron chi connectivity index (χ4n) is 2.45. The smallest absolute Gasteiger partial charge is 0.256 e. The minimum absolute atomic E-state index is 0.231. The number of aryl methyl sites for hydroxylation is 1. The van der Waals surface area contributed by atoms with Crippen molar-refractivity contribution in [1.29, 1.82) is 0 Å². The molecule has 0 radical (unpaired) electrons. The minimum atomic E-state index is -0.251. The summed E-state index contributed by atoms with van der Waals surface area (Å²) in [5.41, 5.74) is 1.43. The molecule has 0 unspecified atom stereocenters. The molecule has 0 bridgehead atoms. The molecule has 136 valence electrons. The molecule has 0 saturated heterocycles. The first kappa shape index (κ1) is 18.7. The van der Waals surface area contributed by atoms with E-state index in [1.807, 2.05) is 13.1 Å². The maximum absolute atomic E-state index is 12.4. The van der Waals surface area contributed by atoms with Gasteiger partial charge in [-0.3, -0.25) is 4.79 Å². The zero-order valence-electron chi connectivity index (χ0n) is 15.0. The second-order valence-electron chi connectivity index (χ2n) is 5.38. The van der Waals surface area contributed by atoms with Gasteiger partial charge in [0, 0.05) is 44.6 Å². The molecular formula is C17H24N4O4. The van der Waals surface area contributed by atoms with Crippen LogP contribution in [0, 0.1) is 6.92 Å². The third kappa shape index (κ3) is 4.69. The Balaban J connectivity index is 1.97. The van der Waals surface area contributed by atoms with E-state index in [1.165, 1.54) is 14.2 Å². The van der Waals surface area contributed by atoms with E-state index in [4.69, 9.17) is 14.2 Å². The molecule has 2 rings (SSSR count). The second kappa shape index (κ2) is 9.03. The van der Waals surface area contributed by atoms with Crippen LogP contribution in [0.4, 0.5) is 0 Å². The van der Waals surface area contributed by atoms with Gasteiger partial charge in [-0.2, -0.15) is 4.98 Å². The van der Waals surface area contributed by atoms with Gasteiger partial charge in [0.25, 0.3) is 5.91 Å². The zero-order valence-corrected chi connectivity index (χ0v) is 15.0. The highest BCUT2D eigenvalue weighted by molar-refractivity contribution is 5.96. The van der Waals surface area contributed by atoms with Crippen LogP contribution in [0.2, 0.25) is 0 Å². The number of aromatic nitrogens is 3. The Morgan fingerprint density at radius 2 is 2.04 bits per heavy atom. The summed E-state index contributed by atoms with van der Waals surface area (Å²) >= 11 is 0. The van der Waals surface area contributed by atoms with E-state index >= 15 is 0 Å². The van der Waals surface area contributed by atoms with Crippen molar-refractivity contribution in [2.45, 2.75) is 19.9 Å². The molecule has 2 heterocycles. The molecule has 0 fully saturated rings. The van der Waals surface area contributed by atoms with E-state index in [1.54, 1.807) is 19.2 Å². The highest BCUT2D eigenvalue weighted by Crippen LogP contribution is 2.19. The molecule has 1 N–H and O–H groups in total. The third-order valence-electron chi connectivity index (χ3n) is 3.77. The largest absolute Gasteiger partial charge is 0.481 e. The van der Waals surface area contributed by atoms with E-state index in [2.05, 4.69) is 19.9 Å². The van der Waals surface area contributed by atoms with Crippen molar-refractivity contribution < 1.29 is 19.0 Å². The predicted octanol–water partition coefficient (Wildman–Crippen LogP) is 1.22. The van der Waals surface area contributed by atoms with Crippen molar-refractivity contribution in [2.24, 2.45) is 0 Å². The summed E-state index contributed by atoms with van der Waals surface area (Å²) in [6.07, 6.45) is 2.44. The third-order valence-corrected chi connectivity index (χ3v) is 3.77. The van der Waals surface area contributed by atoms with Gasteiger partial charge in [0.2, 0.25) is 11.8 Å². The van der Waals surface area contributed by atoms with E-state index in [0.717, 1.165) is 18.1 Å². The number of amides is 1. The number of rotatable bonds is 9. The Bertz CT molecular complexity index is 715. The Kier molecular flexibility index (Phi) is 6.76. The van der Waals surface area contributed by atoms with E-state index in [-0.39, 0.29) is 11.8 Å². The first-order chi connectivity index (χ1) is 12.1. The molecule has 1 amide bonds. The van der Waals surface area contributed by atoms with Crippen molar-refractivity contribution in [3.05, 3.63) is 35.4 Å². The first-order valence-corrected chi connectivity index (χ1v) is 7.97. The summed E-state index contributed by atoms with van der Waals surface area (Å²) in [5.74, 6) is 1.28. The number of hydrogen-bond acceptors (Lipinski definition) is 6. The average Bonchev–Trinajstić information content (AvgIpc) is 2.98. The van der Waals surface area contributed by atoms with Gasteiger partial charge < -0.3 is 24.1 Å². The van der Waals surface area contributed by atoms with Crippen LogP contribution < -0.4 is 14.8 Å². The van der Waals surface area contributed by atoms with E-state index in [0.29, 0.717) is 31.0 Å². The second-order valence-corrected chi connectivity index (χ2v) is 5.38. The molecule has 8 heteroatoms. The molecule has 0 spiro atoms. The number of methoxy groups -OCH3 is 3. The van der Waals surface area contributed by atoms with E-state index < -0.39 is 0 Å². The topological polar surface area (TPSA) is 87.5 Å². The van der Waals surface area contributed by atoms with Gasteiger partial charge in [0.05, 0.1) is 20.8 Å². The summed E-state index contributed by atoms with van der Waals surface area (Å²) in [7, 11) is 4.64. The molecule has 2 aromatic heterocycles. The molecule has 8 nitrogen and oxygen atoms in total. The Morgan fingerprint density at radius 3 is 2.72 bits per heavy atom. The summed E-state index contributed by atoms with van der Waals surface area (Å²) in [6.45, 7) is 3.81. The SMILES string of the molecule is COCCn1c(C)cnc1CCNC(=O)c1ccc(OC)nc1OC. The predicted molar refractivity (Wildman–Crippen MR) is 92.2 cm³/mol. The lowest BCUT2D eigenvalue weighted by atomic mass is 10.2. The molecule has 0 aliphatic carbocycles. The molecule has 0 atom stereocenters. The standard InChI is InChI=1S/C17H24N4O4/c1-12-11-19-14(21(12)9-10-23-2)7-8-18-16(22)13-5-6-15(24-3)20-17(13)25-4/h5-6,11H,7-10H2,1-4H3,(H,18,22). The minimum Gasteiger partial charge on any atom is -0.481 e. The van der Waals surface area contributed by atoms with Crippen molar-refractivity contribution in [3.8, 4) is 11.8 Å². The van der Waals surface area contributed by atoms with Gasteiger partial charge in [-0.05, 0) is 13.0 Å². The summed E-state index contributed by atoms with van der Waals surface area (Å²) in [4.78, 5) is 20.9. The first-order valence-electron chi connectivity index (χ1n) is 7.97. The molecule has 25 heavy (non-hydrogen) atoms. The lowest BCUT2D eigenvalue weighted by Gasteiger charge is -2.11. The maximum Gasteiger partial charge on any atom is 0.256 e. The van der Waals surface area contributed by atoms with Crippen LogP contribution in [0.3, 0.4) is 0 Å². The highest BCUT2D eigenvalue weighted by atomic mass is 16.5. The Hall–Kier alpha value is -2.61. The van der Waals surface area contributed by atoms with Crippen molar-refractivity contribution in [1.82, 2.24) is 19.9 Å². The van der Waals surface area contributed by atoms with Crippen molar-refractivity contribution in [2.75, 3.05) is 34.5 Å². The lowest BCUT2D eigenvalue weighted by Crippen LogP contribution is -2.27. The molecule has 0 aromatic carbocycles.